The molecule has 1 unspecified atom stereocenters. The summed E-state index contributed by atoms with van der Waals surface area (Å²) >= 11 is 3.43. The Hall–Kier alpha value is -2.01. The number of nitrogens with zero attached hydrogens (tertiary/aromatic N) is 1. The van der Waals surface area contributed by atoms with Crippen LogP contribution in [-0.4, -0.2) is 25.5 Å². The maximum absolute atomic E-state index is 12.4. The van der Waals surface area contributed by atoms with Crippen molar-refractivity contribution >= 4 is 33.2 Å². The average Bonchev–Trinajstić information content (AvgIpc) is 2.68. The quantitative estimate of drug-likeness (QED) is 0.716. The normalized spacial score (nSPS) is 15.4. The first-order valence-corrected chi connectivity index (χ1v) is 10.1. The molecule has 1 saturated heterocycles. The fourth-order valence-electron chi connectivity index (χ4n) is 3.34. The standard InChI is InChI=1S/C21H26BrN3O/c1-16(17-9-11-18(22)12-10-17)24-21(26)15-23-19-7-3-4-8-20(19)25-13-5-2-6-14-25/h3-4,7-12,16,23H,2,5-6,13-15H2,1H3,(H,24,26). The molecule has 1 amide bonds. The van der Waals surface area contributed by atoms with Crippen LogP contribution in [0.4, 0.5) is 11.4 Å². The number of nitrogens with one attached hydrogen (secondary N) is 2. The van der Waals surface area contributed by atoms with Crippen molar-refractivity contribution in [1.82, 2.24) is 5.32 Å². The molecule has 2 N–H and O–H groups in total. The summed E-state index contributed by atoms with van der Waals surface area (Å²) in [5, 5.41) is 6.37. The van der Waals surface area contributed by atoms with Gasteiger partial charge in [-0.05, 0) is 56.0 Å². The fraction of sp³-hybridized carbons (Fsp3) is 0.381. The molecule has 26 heavy (non-hydrogen) atoms. The zero-order chi connectivity index (χ0) is 18.4. The van der Waals surface area contributed by atoms with Gasteiger partial charge in [0.25, 0.3) is 0 Å². The number of hydrogen-bond acceptors (Lipinski definition) is 3. The highest BCUT2D eigenvalue weighted by Gasteiger charge is 2.15. The number of hydrogen-bond donors (Lipinski definition) is 2. The third-order valence-electron chi connectivity index (χ3n) is 4.79. The van der Waals surface area contributed by atoms with Crippen LogP contribution < -0.4 is 15.5 Å². The Bertz CT molecular complexity index is 726. The summed E-state index contributed by atoms with van der Waals surface area (Å²) in [6, 6.07) is 16.3. The second kappa shape index (κ2) is 9.08. The van der Waals surface area contributed by atoms with Crippen LogP contribution in [0.3, 0.4) is 0 Å². The minimum Gasteiger partial charge on any atom is -0.374 e. The molecule has 1 aliphatic heterocycles. The minimum atomic E-state index is -0.0188. The smallest absolute Gasteiger partial charge is 0.239 e. The summed E-state index contributed by atoms with van der Waals surface area (Å²) in [6.07, 6.45) is 3.78. The number of piperidine rings is 1. The molecule has 1 fully saturated rings. The molecule has 0 bridgehead atoms. The van der Waals surface area contributed by atoms with Gasteiger partial charge < -0.3 is 15.5 Å². The van der Waals surface area contributed by atoms with Crippen molar-refractivity contribution in [2.45, 2.75) is 32.2 Å². The summed E-state index contributed by atoms with van der Waals surface area (Å²) < 4.78 is 1.04. The lowest BCUT2D eigenvalue weighted by Gasteiger charge is -2.30. The highest BCUT2D eigenvalue weighted by atomic mass is 79.9. The number of halogens is 1. The van der Waals surface area contributed by atoms with Crippen molar-refractivity contribution < 1.29 is 4.79 Å². The van der Waals surface area contributed by atoms with Crippen molar-refractivity contribution in [3.63, 3.8) is 0 Å². The molecule has 5 heteroatoms. The van der Waals surface area contributed by atoms with E-state index in [4.69, 9.17) is 0 Å². The lowest BCUT2D eigenvalue weighted by Crippen LogP contribution is -2.33. The molecule has 4 nitrogen and oxygen atoms in total. The van der Waals surface area contributed by atoms with E-state index < -0.39 is 0 Å². The molecule has 0 spiro atoms. The maximum Gasteiger partial charge on any atom is 0.239 e. The highest BCUT2D eigenvalue weighted by molar-refractivity contribution is 9.10. The molecule has 1 heterocycles. The van der Waals surface area contributed by atoms with Crippen LogP contribution in [-0.2, 0) is 4.79 Å². The van der Waals surface area contributed by atoms with E-state index >= 15 is 0 Å². The summed E-state index contributed by atoms with van der Waals surface area (Å²) in [5.41, 5.74) is 3.32. The summed E-state index contributed by atoms with van der Waals surface area (Å²) in [7, 11) is 0. The largest absolute Gasteiger partial charge is 0.374 e. The van der Waals surface area contributed by atoms with Gasteiger partial charge in [-0.1, -0.05) is 40.2 Å². The topological polar surface area (TPSA) is 44.4 Å². The molecule has 0 saturated carbocycles. The first-order valence-electron chi connectivity index (χ1n) is 9.26. The molecule has 1 atom stereocenters. The SMILES string of the molecule is CC(NC(=O)CNc1ccccc1N1CCCCC1)c1ccc(Br)cc1. The lowest BCUT2D eigenvalue weighted by molar-refractivity contribution is -0.120. The van der Waals surface area contributed by atoms with E-state index in [1.54, 1.807) is 0 Å². The highest BCUT2D eigenvalue weighted by Crippen LogP contribution is 2.28. The molecule has 3 rings (SSSR count). The fourth-order valence-corrected chi connectivity index (χ4v) is 3.60. The third-order valence-corrected chi connectivity index (χ3v) is 5.32. The maximum atomic E-state index is 12.4. The second-order valence-electron chi connectivity index (χ2n) is 6.76. The van der Waals surface area contributed by atoms with E-state index in [9.17, 15) is 4.79 Å². The van der Waals surface area contributed by atoms with Gasteiger partial charge in [0.1, 0.15) is 0 Å². The number of anilines is 2. The van der Waals surface area contributed by atoms with E-state index in [-0.39, 0.29) is 18.5 Å². The van der Waals surface area contributed by atoms with Gasteiger partial charge in [-0.2, -0.15) is 0 Å². The molecule has 2 aromatic carbocycles. The van der Waals surface area contributed by atoms with Gasteiger partial charge in [-0.25, -0.2) is 0 Å². The Balaban J connectivity index is 1.56. The molecular weight excluding hydrogens is 390 g/mol. The van der Waals surface area contributed by atoms with Crippen LogP contribution in [0, 0.1) is 0 Å². The summed E-state index contributed by atoms with van der Waals surface area (Å²) in [5.74, 6) is -0.00568. The second-order valence-corrected chi connectivity index (χ2v) is 7.67. The molecule has 0 aromatic heterocycles. The minimum absolute atomic E-state index is 0.00568. The average molecular weight is 416 g/mol. The van der Waals surface area contributed by atoms with Gasteiger partial charge in [-0.15, -0.1) is 0 Å². The molecule has 1 aliphatic rings. The number of para-hydroxylation sites is 2. The van der Waals surface area contributed by atoms with Crippen molar-refractivity contribution in [1.29, 1.82) is 0 Å². The van der Waals surface area contributed by atoms with Gasteiger partial charge in [0.15, 0.2) is 0 Å². The van der Waals surface area contributed by atoms with Gasteiger partial charge in [-0.3, -0.25) is 4.79 Å². The number of benzene rings is 2. The lowest BCUT2D eigenvalue weighted by atomic mass is 10.1. The first-order chi connectivity index (χ1) is 12.6. The summed E-state index contributed by atoms with van der Waals surface area (Å²) in [6.45, 7) is 4.45. The third kappa shape index (κ3) is 5.01. The Kier molecular flexibility index (Phi) is 6.56. The Morgan fingerprint density at radius 1 is 1.08 bits per heavy atom. The van der Waals surface area contributed by atoms with E-state index in [0.29, 0.717) is 0 Å². The monoisotopic (exact) mass is 415 g/mol. The number of amides is 1. The van der Waals surface area contributed by atoms with Crippen molar-refractivity contribution in [2.75, 3.05) is 29.9 Å². The van der Waals surface area contributed by atoms with E-state index in [0.717, 1.165) is 28.8 Å². The molecular formula is C21H26BrN3O. The van der Waals surface area contributed by atoms with Crippen LogP contribution in [0.15, 0.2) is 53.0 Å². The van der Waals surface area contributed by atoms with E-state index in [1.807, 2.05) is 37.3 Å². The van der Waals surface area contributed by atoms with E-state index in [1.165, 1.54) is 24.9 Å². The molecule has 0 aliphatic carbocycles. The van der Waals surface area contributed by atoms with Crippen LogP contribution in [0.5, 0.6) is 0 Å². The molecule has 0 radical (unpaired) electrons. The first kappa shape index (κ1) is 18.8. The summed E-state index contributed by atoms with van der Waals surface area (Å²) in [4.78, 5) is 14.8. The van der Waals surface area contributed by atoms with Crippen molar-refractivity contribution in [3.05, 3.63) is 58.6 Å². The zero-order valence-corrected chi connectivity index (χ0v) is 16.8. The van der Waals surface area contributed by atoms with Crippen LogP contribution in [0.25, 0.3) is 0 Å². The van der Waals surface area contributed by atoms with Crippen LogP contribution >= 0.6 is 15.9 Å². The molecule has 2 aromatic rings. The Morgan fingerprint density at radius 2 is 1.77 bits per heavy atom. The van der Waals surface area contributed by atoms with Gasteiger partial charge in [0.05, 0.1) is 24.0 Å². The number of carbonyl (C=O) groups is 1. The van der Waals surface area contributed by atoms with Gasteiger partial charge in [0, 0.05) is 17.6 Å². The molecule has 138 valence electrons. The Morgan fingerprint density at radius 3 is 2.50 bits per heavy atom. The zero-order valence-electron chi connectivity index (χ0n) is 15.2. The predicted molar refractivity (Wildman–Crippen MR) is 112 cm³/mol. The van der Waals surface area contributed by atoms with E-state index in [2.05, 4.69) is 49.7 Å². The Labute approximate surface area is 164 Å². The van der Waals surface area contributed by atoms with Crippen molar-refractivity contribution in [3.8, 4) is 0 Å². The van der Waals surface area contributed by atoms with Crippen LogP contribution in [0.2, 0.25) is 0 Å². The number of rotatable bonds is 6. The van der Waals surface area contributed by atoms with Gasteiger partial charge in [0.2, 0.25) is 5.91 Å². The van der Waals surface area contributed by atoms with Crippen molar-refractivity contribution in [2.24, 2.45) is 0 Å². The van der Waals surface area contributed by atoms with Gasteiger partial charge >= 0.3 is 0 Å². The predicted octanol–water partition coefficient (Wildman–Crippen LogP) is 4.73. The number of carbonyl (C=O) groups excluding carboxylic acids is 1. The van der Waals surface area contributed by atoms with Crippen LogP contribution in [0.1, 0.15) is 37.8 Å².